The Balaban J connectivity index is 3.00. The van der Waals surface area contributed by atoms with Gasteiger partial charge in [0.25, 0.3) is 0 Å². The van der Waals surface area contributed by atoms with Crippen LogP contribution in [0.25, 0.3) is 0 Å². The molecule has 0 saturated heterocycles. The molecule has 1 aromatic heterocycles. The lowest BCUT2D eigenvalue weighted by Gasteiger charge is -2.18. The van der Waals surface area contributed by atoms with Gasteiger partial charge in [0, 0.05) is 7.05 Å². The lowest BCUT2D eigenvalue weighted by atomic mass is 10.5. The Kier molecular flexibility index (Phi) is 3.29. The summed E-state index contributed by atoms with van der Waals surface area (Å²) in [5.74, 6) is 0. The third-order valence-corrected chi connectivity index (χ3v) is 3.79. The SMILES string of the molecule is Cc1[nH]ncc1S(=O)(=O)N(C)CC(F)(F)F. The van der Waals surface area contributed by atoms with Crippen molar-refractivity contribution in [2.75, 3.05) is 13.6 Å². The molecule has 0 aliphatic carbocycles. The predicted molar refractivity (Wildman–Crippen MR) is 49.2 cm³/mol. The zero-order chi connectivity index (χ0) is 12.6. The molecule has 9 heteroatoms. The molecule has 0 radical (unpaired) electrons. The predicted octanol–water partition coefficient (Wildman–Crippen LogP) is 0.901. The minimum atomic E-state index is -4.57. The van der Waals surface area contributed by atoms with Gasteiger partial charge in [-0.2, -0.15) is 22.6 Å². The van der Waals surface area contributed by atoms with Gasteiger partial charge in [-0.05, 0) is 6.92 Å². The van der Waals surface area contributed by atoms with Crippen molar-refractivity contribution < 1.29 is 21.6 Å². The highest BCUT2D eigenvalue weighted by molar-refractivity contribution is 7.89. The Bertz CT molecular complexity index is 465. The number of aryl methyl sites for hydroxylation is 1. The van der Waals surface area contributed by atoms with Gasteiger partial charge in [0.1, 0.15) is 11.4 Å². The number of hydrogen-bond donors (Lipinski definition) is 1. The zero-order valence-corrected chi connectivity index (χ0v) is 9.35. The summed E-state index contributed by atoms with van der Waals surface area (Å²) in [5.41, 5.74) is 0.203. The van der Waals surface area contributed by atoms with Crippen LogP contribution in [0.2, 0.25) is 0 Å². The lowest BCUT2D eigenvalue weighted by molar-refractivity contribution is -0.134. The monoisotopic (exact) mass is 257 g/mol. The number of halogens is 3. The van der Waals surface area contributed by atoms with Crippen molar-refractivity contribution in [3.05, 3.63) is 11.9 Å². The molecule has 1 N–H and O–H groups in total. The number of sulfonamides is 1. The summed E-state index contributed by atoms with van der Waals surface area (Å²) in [7, 11) is -3.27. The summed E-state index contributed by atoms with van der Waals surface area (Å²) in [6.45, 7) is -0.110. The van der Waals surface area contributed by atoms with E-state index in [1.54, 1.807) is 0 Å². The van der Waals surface area contributed by atoms with Crippen LogP contribution < -0.4 is 0 Å². The highest BCUT2D eigenvalue weighted by atomic mass is 32.2. The van der Waals surface area contributed by atoms with Crippen molar-refractivity contribution in [3.63, 3.8) is 0 Å². The summed E-state index contributed by atoms with van der Waals surface area (Å²) in [6.07, 6.45) is -3.59. The van der Waals surface area contributed by atoms with Gasteiger partial charge in [0.15, 0.2) is 0 Å². The minimum absolute atomic E-state index is 0.203. The normalized spacial score (nSPS) is 13.4. The maximum Gasteiger partial charge on any atom is 0.402 e. The molecule has 0 unspecified atom stereocenters. The van der Waals surface area contributed by atoms with Gasteiger partial charge >= 0.3 is 6.18 Å². The van der Waals surface area contributed by atoms with Crippen LogP contribution in [-0.2, 0) is 10.0 Å². The molecule has 0 amide bonds. The van der Waals surface area contributed by atoms with Crippen LogP contribution in [0, 0.1) is 6.92 Å². The number of alkyl halides is 3. The van der Waals surface area contributed by atoms with E-state index in [1.807, 2.05) is 0 Å². The van der Waals surface area contributed by atoms with Crippen molar-refractivity contribution in [3.8, 4) is 0 Å². The Morgan fingerprint density at radius 3 is 2.44 bits per heavy atom. The quantitative estimate of drug-likeness (QED) is 0.875. The molecular weight excluding hydrogens is 247 g/mol. The van der Waals surface area contributed by atoms with Gasteiger partial charge in [0.2, 0.25) is 10.0 Å². The Morgan fingerprint density at radius 1 is 1.50 bits per heavy atom. The van der Waals surface area contributed by atoms with Gasteiger partial charge in [0.05, 0.1) is 11.9 Å². The summed E-state index contributed by atoms with van der Waals surface area (Å²) in [5, 5.41) is 5.81. The van der Waals surface area contributed by atoms with Crippen LogP contribution in [0.1, 0.15) is 5.69 Å². The van der Waals surface area contributed by atoms with E-state index in [-0.39, 0.29) is 14.9 Å². The van der Waals surface area contributed by atoms with Gasteiger partial charge in [-0.15, -0.1) is 0 Å². The van der Waals surface area contributed by atoms with Gasteiger partial charge in [-0.1, -0.05) is 0 Å². The molecule has 0 spiro atoms. The number of aromatic amines is 1. The molecule has 0 aromatic carbocycles. The molecule has 92 valence electrons. The number of H-pyrrole nitrogens is 1. The summed E-state index contributed by atoms with van der Waals surface area (Å²) < 4.78 is 59.7. The van der Waals surface area contributed by atoms with Gasteiger partial charge < -0.3 is 0 Å². The molecule has 5 nitrogen and oxygen atoms in total. The van der Waals surface area contributed by atoms with Crippen LogP contribution in [0.5, 0.6) is 0 Å². The molecule has 0 fully saturated rings. The first-order valence-corrected chi connectivity index (χ1v) is 5.61. The molecular formula is C7H10F3N3O2S. The fourth-order valence-electron chi connectivity index (χ4n) is 1.11. The third-order valence-electron chi connectivity index (χ3n) is 1.87. The average molecular weight is 257 g/mol. The fourth-order valence-corrected chi connectivity index (χ4v) is 2.38. The third kappa shape index (κ3) is 2.73. The first-order valence-electron chi connectivity index (χ1n) is 4.17. The first-order chi connectivity index (χ1) is 7.14. The number of hydrogen-bond acceptors (Lipinski definition) is 3. The highest BCUT2D eigenvalue weighted by Gasteiger charge is 2.35. The van der Waals surface area contributed by atoms with Crippen LogP contribution in [0.4, 0.5) is 13.2 Å². The Morgan fingerprint density at radius 2 is 2.06 bits per heavy atom. The summed E-state index contributed by atoms with van der Waals surface area (Å²) in [4.78, 5) is -0.251. The second kappa shape index (κ2) is 4.06. The second-order valence-corrected chi connectivity index (χ2v) is 5.25. The topological polar surface area (TPSA) is 66.1 Å². The number of aromatic nitrogens is 2. The van der Waals surface area contributed by atoms with Crippen LogP contribution in [0.15, 0.2) is 11.1 Å². The average Bonchev–Trinajstić information content (AvgIpc) is 2.48. The highest BCUT2D eigenvalue weighted by Crippen LogP contribution is 2.21. The van der Waals surface area contributed by atoms with Crippen LogP contribution in [-0.4, -0.2) is 42.7 Å². The molecule has 16 heavy (non-hydrogen) atoms. The van der Waals surface area contributed by atoms with E-state index in [1.165, 1.54) is 6.92 Å². The molecule has 0 aliphatic heterocycles. The number of nitrogens with zero attached hydrogens (tertiary/aromatic N) is 2. The molecule has 0 saturated carbocycles. The molecule has 0 aliphatic rings. The Labute approximate surface area is 90.3 Å². The van der Waals surface area contributed by atoms with E-state index < -0.39 is 22.7 Å². The lowest BCUT2D eigenvalue weighted by Crippen LogP contribution is -2.35. The molecule has 0 atom stereocenters. The van der Waals surface area contributed by atoms with Crippen LogP contribution in [0.3, 0.4) is 0 Å². The largest absolute Gasteiger partial charge is 0.402 e. The van der Waals surface area contributed by atoms with E-state index in [9.17, 15) is 21.6 Å². The molecule has 1 aromatic rings. The minimum Gasteiger partial charge on any atom is -0.281 e. The molecule has 0 bridgehead atoms. The maximum atomic E-state index is 12.0. The summed E-state index contributed by atoms with van der Waals surface area (Å²) in [6, 6.07) is 0. The van der Waals surface area contributed by atoms with Gasteiger partial charge in [-0.3, -0.25) is 5.10 Å². The van der Waals surface area contributed by atoms with Crippen molar-refractivity contribution in [1.29, 1.82) is 0 Å². The van der Waals surface area contributed by atoms with E-state index in [2.05, 4.69) is 10.2 Å². The molecule has 1 heterocycles. The smallest absolute Gasteiger partial charge is 0.281 e. The molecule has 1 rings (SSSR count). The van der Waals surface area contributed by atoms with E-state index in [0.29, 0.717) is 0 Å². The van der Waals surface area contributed by atoms with Crippen molar-refractivity contribution in [1.82, 2.24) is 14.5 Å². The number of rotatable bonds is 3. The Hall–Kier alpha value is -1.09. The zero-order valence-electron chi connectivity index (χ0n) is 8.54. The van der Waals surface area contributed by atoms with Crippen molar-refractivity contribution in [2.24, 2.45) is 0 Å². The van der Waals surface area contributed by atoms with E-state index in [0.717, 1.165) is 13.2 Å². The van der Waals surface area contributed by atoms with E-state index in [4.69, 9.17) is 0 Å². The van der Waals surface area contributed by atoms with Crippen molar-refractivity contribution >= 4 is 10.0 Å². The van der Waals surface area contributed by atoms with E-state index >= 15 is 0 Å². The maximum absolute atomic E-state index is 12.0. The van der Waals surface area contributed by atoms with Crippen LogP contribution >= 0.6 is 0 Å². The summed E-state index contributed by atoms with van der Waals surface area (Å²) >= 11 is 0. The fraction of sp³-hybridized carbons (Fsp3) is 0.571. The number of nitrogens with one attached hydrogen (secondary N) is 1. The van der Waals surface area contributed by atoms with Crippen molar-refractivity contribution in [2.45, 2.75) is 18.0 Å². The van der Waals surface area contributed by atoms with Gasteiger partial charge in [-0.25, -0.2) is 8.42 Å². The standard InChI is InChI=1S/C7H10F3N3O2S/c1-5-6(3-11-12-5)16(14,15)13(2)4-7(8,9)10/h3H,4H2,1-2H3,(H,11,12). The second-order valence-electron chi connectivity index (χ2n) is 3.24. The first kappa shape index (κ1) is 13.0.